The molecule has 1 fully saturated rings. The number of piperazine rings is 1. The number of carboxylic acid groups (broad SMARTS) is 1. The fourth-order valence-corrected chi connectivity index (χ4v) is 6.63. The van der Waals surface area contributed by atoms with Crippen molar-refractivity contribution < 1.29 is 32.4 Å². The number of alkyl halides is 3. The van der Waals surface area contributed by atoms with E-state index >= 15 is 0 Å². The number of carbonyl (C=O) groups is 1. The number of carboxylic acids is 1. The van der Waals surface area contributed by atoms with Gasteiger partial charge in [-0.3, -0.25) is 9.69 Å². The van der Waals surface area contributed by atoms with Crippen LogP contribution in [0.4, 0.5) is 13.2 Å². The number of hydrogen-bond donors (Lipinski definition) is 1. The summed E-state index contributed by atoms with van der Waals surface area (Å²) in [5.74, 6) is -1.56. The van der Waals surface area contributed by atoms with Crippen molar-refractivity contribution in [3.63, 3.8) is 0 Å². The first-order valence-electron chi connectivity index (χ1n) is 11.1. The molecular formula is C24H27F3N2O4S. The Morgan fingerprint density at radius 1 is 1.12 bits per heavy atom. The van der Waals surface area contributed by atoms with Crippen LogP contribution in [0, 0.1) is 5.92 Å². The zero-order valence-corrected chi connectivity index (χ0v) is 19.7. The molecule has 0 radical (unpaired) electrons. The number of ether oxygens (including phenoxy) is 1. The first-order chi connectivity index (χ1) is 16.0. The number of rotatable bonds is 6. The molecule has 2 aromatic rings. The highest BCUT2D eigenvalue weighted by atomic mass is 32.2. The summed E-state index contributed by atoms with van der Waals surface area (Å²) < 4.78 is 56.6. The minimum absolute atomic E-state index is 0.0371. The molecule has 1 aliphatic carbocycles. The van der Waals surface area contributed by atoms with Crippen molar-refractivity contribution in [2.24, 2.45) is 5.92 Å². The van der Waals surface area contributed by atoms with Crippen LogP contribution in [0.15, 0.2) is 47.4 Å². The third-order valence-electron chi connectivity index (χ3n) is 6.35. The Balaban J connectivity index is 1.42. The smallest absolute Gasteiger partial charge is 0.573 e. The van der Waals surface area contributed by atoms with E-state index in [0.717, 1.165) is 16.7 Å². The molecule has 1 heterocycles. The van der Waals surface area contributed by atoms with Crippen molar-refractivity contribution >= 4 is 17.3 Å². The highest BCUT2D eigenvalue weighted by Crippen LogP contribution is 2.35. The largest absolute Gasteiger partial charge is 0.593 e. The summed E-state index contributed by atoms with van der Waals surface area (Å²) in [5, 5.41) is 9.41. The second-order valence-corrected chi connectivity index (χ2v) is 10.4. The summed E-state index contributed by atoms with van der Waals surface area (Å²) in [4.78, 5) is 14.4. The third-order valence-corrected chi connectivity index (χ3v) is 8.21. The maximum absolute atomic E-state index is 13.6. The molecule has 0 saturated carbocycles. The molecule has 2 aliphatic rings. The Bertz CT molecular complexity index is 1020. The molecule has 1 saturated heterocycles. The van der Waals surface area contributed by atoms with Gasteiger partial charge in [-0.25, -0.2) is 0 Å². The SMILES string of the molecule is CC1CN(Cc2ccc(OC(F)(F)F)cc2)CC(C)N1[S+]([O-])c1cccc2c1CC(C(=O)O)C2. The van der Waals surface area contributed by atoms with Crippen LogP contribution in [0.2, 0.25) is 0 Å². The Labute approximate surface area is 199 Å². The van der Waals surface area contributed by atoms with Crippen molar-refractivity contribution in [3.05, 3.63) is 59.2 Å². The Hall–Kier alpha value is -2.27. The van der Waals surface area contributed by atoms with Crippen LogP contribution >= 0.6 is 0 Å². The van der Waals surface area contributed by atoms with Crippen molar-refractivity contribution in [2.75, 3.05) is 13.1 Å². The summed E-state index contributed by atoms with van der Waals surface area (Å²) in [6.07, 6.45) is -3.86. The lowest BCUT2D eigenvalue weighted by molar-refractivity contribution is -0.274. The van der Waals surface area contributed by atoms with Crippen LogP contribution in [0.1, 0.15) is 30.5 Å². The fraction of sp³-hybridized carbons (Fsp3) is 0.458. The van der Waals surface area contributed by atoms with Gasteiger partial charge in [-0.05, 0) is 56.0 Å². The Kier molecular flexibility index (Phi) is 7.14. The molecule has 4 atom stereocenters. The molecule has 1 N–H and O–H groups in total. The number of fused-ring (bicyclic) bond motifs is 1. The van der Waals surface area contributed by atoms with Gasteiger partial charge in [-0.15, -0.1) is 17.5 Å². The summed E-state index contributed by atoms with van der Waals surface area (Å²) in [7, 11) is 0. The van der Waals surface area contributed by atoms with Gasteiger partial charge in [0.2, 0.25) is 0 Å². The van der Waals surface area contributed by atoms with Crippen LogP contribution < -0.4 is 4.74 Å². The first-order valence-corrected chi connectivity index (χ1v) is 12.2. The van der Waals surface area contributed by atoms with Gasteiger partial charge in [0.1, 0.15) is 5.75 Å². The summed E-state index contributed by atoms with van der Waals surface area (Å²) in [5.41, 5.74) is 2.70. The minimum Gasteiger partial charge on any atom is -0.593 e. The molecular weight excluding hydrogens is 469 g/mol. The average molecular weight is 497 g/mol. The lowest BCUT2D eigenvalue weighted by Gasteiger charge is -2.43. The van der Waals surface area contributed by atoms with E-state index in [2.05, 4.69) is 9.64 Å². The van der Waals surface area contributed by atoms with E-state index in [9.17, 15) is 27.6 Å². The maximum atomic E-state index is 13.6. The molecule has 0 bridgehead atoms. The van der Waals surface area contributed by atoms with Crippen LogP contribution in [0.25, 0.3) is 0 Å². The van der Waals surface area contributed by atoms with E-state index in [-0.39, 0.29) is 17.8 Å². The number of aliphatic carboxylic acids is 1. The highest BCUT2D eigenvalue weighted by Gasteiger charge is 2.41. The van der Waals surface area contributed by atoms with Gasteiger partial charge in [0.05, 0.1) is 29.4 Å². The first kappa shape index (κ1) is 24.8. The molecule has 6 nitrogen and oxygen atoms in total. The molecule has 34 heavy (non-hydrogen) atoms. The zero-order chi connectivity index (χ0) is 24.6. The minimum atomic E-state index is -4.72. The van der Waals surface area contributed by atoms with Gasteiger partial charge in [0.25, 0.3) is 0 Å². The molecule has 184 valence electrons. The standard InChI is InChI=1S/C24H27F3N2O4S/c1-15-12-28(14-17-6-8-20(9-7-17)33-24(25,26)27)13-16(2)29(15)34(32)22-5-3-4-18-10-19(23(30)31)11-21(18)22/h3-9,15-16,19H,10-14H2,1-2H3,(H,30,31). The van der Waals surface area contributed by atoms with Crippen LogP contribution in [-0.2, 0) is 35.5 Å². The van der Waals surface area contributed by atoms with E-state index in [1.165, 1.54) is 12.1 Å². The highest BCUT2D eigenvalue weighted by molar-refractivity contribution is 7.89. The van der Waals surface area contributed by atoms with Crippen LogP contribution in [0.3, 0.4) is 0 Å². The number of nitrogens with zero attached hydrogens (tertiary/aromatic N) is 2. The van der Waals surface area contributed by atoms with Crippen molar-refractivity contribution in [2.45, 2.75) is 56.6 Å². The van der Waals surface area contributed by atoms with Gasteiger partial charge in [-0.2, -0.15) is 0 Å². The summed E-state index contributed by atoms with van der Waals surface area (Å²) in [6.45, 7) is 5.85. The van der Waals surface area contributed by atoms with E-state index in [0.29, 0.717) is 37.4 Å². The van der Waals surface area contributed by atoms with E-state index in [4.69, 9.17) is 0 Å². The van der Waals surface area contributed by atoms with Gasteiger partial charge in [-0.1, -0.05) is 24.3 Å². The molecule has 1 aliphatic heterocycles. The summed E-state index contributed by atoms with van der Waals surface area (Å²) >= 11 is -1.42. The second kappa shape index (κ2) is 9.77. The molecule has 4 unspecified atom stereocenters. The quantitative estimate of drug-likeness (QED) is 0.610. The molecule has 0 aromatic heterocycles. The third kappa shape index (κ3) is 5.51. The van der Waals surface area contributed by atoms with Crippen molar-refractivity contribution in [1.29, 1.82) is 0 Å². The Morgan fingerprint density at radius 2 is 1.76 bits per heavy atom. The predicted octanol–water partition coefficient (Wildman–Crippen LogP) is 4.00. The second-order valence-electron chi connectivity index (χ2n) is 9.03. The topological polar surface area (TPSA) is 76.1 Å². The number of halogens is 3. The lowest BCUT2D eigenvalue weighted by atomic mass is 10.1. The van der Waals surface area contributed by atoms with Crippen LogP contribution in [0.5, 0.6) is 5.75 Å². The fourth-order valence-electron chi connectivity index (χ4n) is 5.00. The molecule has 10 heteroatoms. The van der Waals surface area contributed by atoms with Gasteiger partial charge in [0, 0.05) is 25.2 Å². The summed E-state index contributed by atoms with van der Waals surface area (Å²) in [6, 6.07) is 11.4. The normalized spacial score (nSPS) is 24.6. The lowest BCUT2D eigenvalue weighted by Crippen LogP contribution is -2.58. The molecule has 0 spiro atoms. The van der Waals surface area contributed by atoms with E-state index in [1.807, 2.05) is 36.4 Å². The monoisotopic (exact) mass is 496 g/mol. The van der Waals surface area contributed by atoms with E-state index in [1.54, 1.807) is 12.1 Å². The number of benzene rings is 2. The van der Waals surface area contributed by atoms with Crippen molar-refractivity contribution in [1.82, 2.24) is 9.21 Å². The van der Waals surface area contributed by atoms with Gasteiger partial charge in [0.15, 0.2) is 4.90 Å². The van der Waals surface area contributed by atoms with Gasteiger partial charge < -0.3 is 14.4 Å². The Morgan fingerprint density at radius 3 is 2.35 bits per heavy atom. The average Bonchev–Trinajstić information content (AvgIpc) is 3.18. The van der Waals surface area contributed by atoms with Crippen LogP contribution in [-0.4, -0.2) is 56.4 Å². The van der Waals surface area contributed by atoms with Crippen molar-refractivity contribution in [3.8, 4) is 5.75 Å². The predicted molar refractivity (Wildman–Crippen MR) is 121 cm³/mol. The zero-order valence-electron chi connectivity index (χ0n) is 18.9. The molecule has 2 aromatic carbocycles. The van der Waals surface area contributed by atoms with E-state index < -0.39 is 29.6 Å². The maximum Gasteiger partial charge on any atom is 0.573 e. The van der Waals surface area contributed by atoms with Gasteiger partial charge >= 0.3 is 12.3 Å². The number of hydrogen-bond acceptors (Lipinski definition) is 5. The molecule has 4 rings (SSSR count). The molecule has 0 amide bonds.